The van der Waals surface area contributed by atoms with Crippen LogP contribution in [0.3, 0.4) is 0 Å². The summed E-state index contributed by atoms with van der Waals surface area (Å²) in [5, 5.41) is 7.22. The number of amides is 2. The minimum absolute atomic E-state index is 0.000205. The number of rotatable bonds is 10. The summed E-state index contributed by atoms with van der Waals surface area (Å²) >= 11 is 0. The lowest BCUT2D eigenvalue weighted by molar-refractivity contribution is -0.122. The second kappa shape index (κ2) is 10.2. The van der Waals surface area contributed by atoms with Gasteiger partial charge in [-0.2, -0.15) is 0 Å². The second-order valence-electron chi connectivity index (χ2n) is 6.63. The molecule has 0 radical (unpaired) electrons. The van der Waals surface area contributed by atoms with E-state index in [-0.39, 0.29) is 48.7 Å². The predicted molar refractivity (Wildman–Crippen MR) is 109 cm³/mol. The van der Waals surface area contributed by atoms with Crippen LogP contribution >= 0.6 is 0 Å². The van der Waals surface area contributed by atoms with Crippen molar-refractivity contribution < 1.29 is 18.0 Å². The summed E-state index contributed by atoms with van der Waals surface area (Å²) in [5.41, 5.74) is 0. The average Bonchev–Trinajstić information content (AvgIpc) is 2.67. The third kappa shape index (κ3) is 6.61. The summed E-state index contributed by atoms with van der Waals surface area (Å²) in [6.07, 6.45) is 1.04. The Labute approximate surface area is 165 Å². The molecule has 1 atom stereocenters. The topological polar surface area (TPSA) is 104 Å². The zero-order valence-corrected chi connectivity index (χ0v) is 17.0. The first-order chi connectivity index (χ1) is 13.3. The first kappa shape index (κ1) is 21.8. The molecular formula is C20H27N3O4S. The van der Waals surface area contributed by atoms with Gasteiger partial charge in [0.1, 0.15) is 0 Å². The third-order valence-corrected chi connectivity index (χ3v) is 5.83. The van der Waals surface area contributed by atoms with E-state index < -0.39 is 10.0 Å². The molecule has 2 amide bonds. The summed E-state index contributed by atoms with van der Waals surface area (Å²) in [4.78, 5) is 23.6. The minimum atomic E-state index is -3.69. The van der Waals surface area contributed by atoms with Gasteiger partial charge in [0.2, 0.25) is 21.8 Å². The smallest absolute Gasteiger partial charge is 0.240 e. The lowest BCUT2D eigenvalue weighted by Crippen LogP contribution is -2.36. The lowest BCUT2D eigenvalue weighted by Gasteiger charge is -2.11. The van der Waals surface area contributed by atoms with Crippen molar-refractivity contribution >= 4 is 32.6 Å². The molecule has 3 N–H and O–H groups in total. The van der Waals surface area contributed by atoms with E-state index in [1.807, 2.05) is 38.1 Å². The SMILES string of the molecule is CCC(C)NC(=O)CCNC(=O)CCNS(=O)(=O)c1ccc2ccccc2c1. The van der Waals surface area contributed by atoms with E-state index in [1.165, 1.54) is 0 Å². The van der Waals surface area contributed by atoms with Gasteiger partial charge in [-0.05, 0) is 36.2 Å². The first-order valence-corrected chi connectivity index (χ1v) is 10.8. The van der Waals surface area contributed by atoms with Crippen molar-refractivity contribution in [3.63, 3.8) is 0 Å². The quantitative estimate of drug-likeness (QED) is 0.562. The Morgan fingerprint density at radius 3 is 2.36 bits per heavy atom. The second-order valence-corrected chi connectivity index (χ2v) is 8.40. The van der Waals surface area contributed by atoms with E-state index in [9.17, 15) is 18.0 Å². The van der Waals surface area contributed by atoms with E-state index in [2.05, 4.69) is 15.4 Å². The summed E-state index contributed by atoms with van der Waals surface area (Å²) in [7, 11) is -3.69. The Kier molecular flexibility index (Phi) is 7.95. The molecule has 0 aromatic heterocycles. The Morgan fingerprint density at radius 2 is 1.64 bits per heavy atom. The fraction of sp³-hybridized carbons (Fsp3) is 0.400. The normalized spacial score (nSPS) is 12.5. The van der Waals surface area contributed by atoms with E-state index >= 15 is 0 Å². The van der Waals surface area contributed by atoms with Crippen LogP contribution in [0.5, 0.6) is 0 Å². The Morgan fingerprint density at radius 1 is 0.964 bits per heavy atom. The van der Waals surface area contributed by atoms with Gasteiger partial charge in [0.15, 0.2) is 0 Å². The molecule has 0 aliphatic carbocycles. The highest BCUT2D eigenvalue weighted by Gasteiger charge is 2.15. The van der Waals surface area contributed by atoms with Gasteiger partial charge in [0.25, 0.3) is 0 Å². The monoisotopic (exact) mass is 405 g/mol. The number of sulfonamides is 1. The van der Waals surface area contributed by atoms with Gasteiger partial charge in [-0.3, -0.25) is 9.59 Å². The van der Waals surface area contributed by atoms with E-state index in [1.54, 1.807) is 18.2 Å². The molecule has 0 aliphatic heterocycles. The number of hydrogen-bond acceptors (Lipinski definition) is 4. The van der Waals surface area contributed by atoms with Crippen molar-refractivity contribution in [3.05, 3.63) is 42.5 Å². The van der Waals surface area contributed by atoms with E-state index in [0.717, 1.165) is 17.2 Å². The number of carbonyl (C=O) groups is 2. The minimum Gasteiger partial charge on any atom is -0.356 e. The molecule has 1 unspecified atom stereocenters. The van der Waals surface area contributed by atoms with Crippen LogP contribution in [0.25, 0.3) is 10.8 Å². The van der Waals surface area contributed by atoms with Crippen molar-refractivity contribution in [2.75, 3.05) is 13.1 Å². The maximum Gasteiger partial charge on any atom is 0.240 e. The Hall–Kier alpha value is -2.45. The van der Waals surface area contributed by atoms with Crippen LogP contribution in [0.15, 0.2) is 47.4 Å². The fourth-order valence-corrected chi connectivity index (χ4v) is 3.64. The molecule has 0 saturated carbocycles. The van der Waals surface area contributed by atoms with Crippen LogP contribution in [0.2, 0.25) is 0 Å². The molecule has 2 aromatic carbocycles. The molecule has 0 aliphatic rings. The van der Waals surface area contributed by atoms with Crippen LogP contribution in [-0.4, -0.2) is 39.4 Å². The third-order valence-electron chi connectivity index (χ3n) is 4.37. The summed E-state index contributed by atoms with van der Waals surface area (Å²) in [5.74, 6) is -0.427. The number of fused-ring (bicyclic) bond motifs is 1. The van der Waals surface area contributed by atoms with E-state index in [4.69, 9.17) is 0 Å². The molecule has 7 nitrogen and oxygen atoms in total. The Balaban J connectivity index is 1.76. The zero-order chi connectivity index (χ0) is 20.6. The maximum atomic E-state index is 12.4. The maximum absolute atomic E-state index is 12.4. The van der Waals surface area contributed by atoms with Gasteiger partial charge < -0.3 is 10.6 Å². The number of hydrogen-bond donors (Lipinski definition) is 3. The number of benzene rings is 2. The van der Waals surface area contributed by atoms with Crippen LogP contribution in [-0.2, 0) is 19.6 Å². The van der Waals surface area contributed by atoms with Crippen molar-refractivity contribution in [2.45, 2.75) is 44.0 Å². The first-order valence-electron chi connectivity index (χ1n) is 9.36. The fourth-order valence-electron chi connectivity index (χ4n) is 2.57. The van der Waals surface area contributed by atoms with Crippen molar-refractivity contribution in [1.29, 1.82) is 0 Å². The summed E-state index contributed by atoms with van der Waals surface area (Å²) in [6, 6.07) is 12.5. The Bertz CT molecular complexity index is 928. The zero-order valence-electron chi connectivity index (χ0n) is 16.2. The van der Waals surface area contributed by atoms with Crippen LogP contribution < -0.4 is 15.4 Å². The summed E-state index contributed by atoms with van der Waals surface area (Å²) < 4.78 is 27.2. The van der Waals surface area contributed by atoms with Crippen LogP contribution in [0.1, 0.15) is 33.1 Å². The number of nitrogens with one attached hydrogen (secondary N) is 3. The molecular weight excluding hydrogens is 378 g/mol. The highest BCUT2D eigenvalue weighted by Crippen LogP contribution is 2.18. The summed E-state index contributed by atoms with van der Waals surface area (Å²) in [6.45, 7) is 4.10. The van der Waals surface area contributed by atoms with Gasteiger partial charge in [0, 0.05) is 32.0 Å². The van der Waals surface area contributed by atoms with Crippen LogP contribution in [0, 0.1) is 0 Å². The molecule has 0 saturated heterocycles. The van der Waals surface area contributed by atoms with Crippen LogP contribution in [0.4, 0.5) is 0 Å². The van der Waals surface area contributed by atoms with Crippen molar-refractivity contribution in [1.82, 2.24) is 15.4 Å². The van der Waals surface area contributed by atoms with Crippen molar-refractivity contribution in [3.8, 4) is 0 Å². The van der Waals surface area contributed by atoms with Gasteiger partial charge in [0.05, 0.1) is 4.90 Å². The molecule has 8 heteroatoms. The molecule has 2 rings (SSSR count). The highest BCUT2D eigenvalue weighted by molar-refractivity contribution is 7.89. The largest absolute Gasteiger partial charge is 0.356 e. The molecule has 28 heavy (non-hydrogen) atoms. The van der Waals surface area contributed by atoms with Crippen molar-refractivity contribution in [2.24, 2.45) is 0 Å². The van der Waals surface area contributed by atoms with Gasteiger partial charge in [-0.1, -0.05) is 37.3 Å². The number of carbonyl (C=O) groups excluding carboxylic acids is 2. The van der Waals surface area contributed by atoms with Gasteiger partial charge in [-0.15, -0.1) is 0 Å². The molecule has 2 aromatic rings. The highest BCUT2D eigenvalue weighted by atomic mass is 32.2. The molecule has 0 heterocycles. The lowest BCUT2D eigenvalue weighted by atomic mass is 10.1. The van der Waals surface area contributed by atoms with E-state index in [0.29, 0.717) is 0 Å². The van der Waals surface area contributed by atoms with Gasteiger partial charge in [-0.25, -0.2) is 13.1 Å². The molecule has 0 bridgehead atoms. The molecule has 152 valence electrons. The molecule has 0 spiro atoms. The average molecular weight is 406 g/mol. The standard InChI is InChI=1S/C20H27N3O4S/c1-3-15(2)23-20(25)10-12-21-19(24)11-13-22-28(26,27)18-9-8-16-6-4-5-7-17(16)14-18/h4-9,14-15,22H,3,10-13H2,1-2H3,(H,21,24)(H,23,25). The van der Waals surface area contributed by atoms with Gasteiger partial charge >= 0.3 is 0 Å². The predicted octanol–water partition coefficient (Wildman–Crippen LogP) is 1.93. The molecule has 0 fully saturated rings.